The summed E-state index contributed by atoms with van der Waals surface area (Å²) in [5.74, 6) is 0. The van der Waals surface area contributed by atoms with Crippen molar-refractivity contribution in [3.63, 3.8) is 0 Å². The van der Waals surface area contributed by atoms with Crippen LogP contribution in [0.1, 0.15) is 62.3 Å². The van der Waals surface area contributed by atoms with Gasteiger partial charge >= 0.3 is 0 Å². The van der Waals surface area contributed by atoms with Crippen molar-refractivity contribution in [3.8, 4) is 0 Å². The molecule has 0 aliphatic heterocycles. The second-order valence-electron chi connectivity index (χ2n) is 7.66. The largest absolute Gasteiger partial charge is 0.246 e. The zero-order valence-electron chi connectivity index (χ0n) is 12.4. The molecule has 0 spiro atoms. The van der Waals surface area contributed by atoms with E-state index in [9.17, 15) is 4.79 Å². The molecule has 0 N–H and O–H groups in total. The van der Waals surface area contributed by atoms with Crippen LogP contribution in [0.5, 0.6) is 0 Å². The summed E-state index contributed by atoms with van der Waals surface area (Å²) >= 11 is 0. The molecule has 0 radical (unpaired) electrons. The normalized spacial score (nSPS) is 14.6. The first-order valence-corrected chi connectivity index (χ1v) is 7.85. The third-order valence-corrected chi connectivity index (χ3v) is 10.4. The number of carbonyl (C=O) groups excluding carboxylic acids is 1. The van der Waals surface area contributed by atoms with Crippen molar-refractivity contribution in [1.82, 2.24) is 0 Å². The highest BCUT2D eigenvalue weighted by Gasteiger charge is 2.61. The monoisotopic (exact) mass is 241 g/mol. The van der Waals surface area contributed by atoms with E-state index in [-0.39, 0.29) is 15.1 Å². The summed E-state index contributed by atoms with van der Waals surface area (Å²) in [5.41, 5.74) is 0. The van der Waals surface area contributed by atoms with Gasteiger partial charge in [-0.25, -0.2) is 9.45 Å². The van der Waals surface area contributed by atoms with Crippen LogP contribution in [0.2, 0.25) is 15.1 Å². The molecule has 0 aliphatic carbocycles. The molecule has 0 rings (SSSR count). The summed E-state index contributed by atoms with van der Waals surface area (Å²) in [6.45, 7) is 19.8. The molecule has 2 nitrogen and oxygen atoms in total. The van der Waals surface area contributed by atoms with Crippen LogP contribution in [0.3, 0.4) is 0 Å². The predicted octanol–water partition coefficient (Wildman–Crippen LogP) is 4.67. The van der Waals surface area contributed by atoms with Crippen LogP contribution in [0.4, 0.5) is 0 Å². The topological polar surface area (TPSA) is 29.4 Å². The van der Waals surface area contributed by atoms with Crippen molar-refractivity contribution in [1.29, 1.82) is 0 Å². The van der Waals surface area contributed by atoms with E-state index in [4.69, 9.17) is 0 Å². The van der Waals surface area contributed by atoms with E-state index in [2.05, 4.69) is 67.0 Å². The molecule has 0 fully saturated rings. The first kappa shape index (κ1) is 15.6. The molecule has 0 amide bonds. The van der Waals surface area contributed by atoms with Gasteiger partial charge in [-0.2, -0.15) is 0 Å². The molecule has 0 aromatic carbocycles. The Kier molecular flexibility index (Phi) is 4.01. The molecule has 0 aromatic rings. The summed E-state index contributed by atoms with van der Waals surface area (Å²) in [5, 5.41) is 0.128. The first-order valence-electron chi connectivity index (χ1n) is 5.90. The lowest BCUT2D eigenvalue weighted by Crippen LogP contribution is -2.57. The molecule has 0 heterocycles. The Bertz CT molecular complexity index is 259. The lowest BCUT2D eigenvalue weighted by Gasteiger charge is -2.54. The lowest BCUT2D eigenvalue weighted by atomic mass is 10.2. The molecule has 0 aromatic heterocycles. The summed E-state index contributed by atoms with van der Waals surface area (Å²) < 4.78 is 4.40. The second-order valence-corrected chi connectivity index (χ2v) is 13.8. The van der Waals surface area contributed by atoms with Crippen molar-refractivity contribution in [2.24, 2.45) is 4.66 Å². The van der Waals surface area contributed by atoms with Gasteiger partial charge < -0.3 is 0 Å². The SMILES string of the molecule is CC(C)(C)[Si](N=C=O)(C(C)(C)C)C(C)(C)C. The van der Waals surface area contributed by atoms with Crippen molar-refractivity contribution < 1.29 is 4.79 Å². The molecule has 0 aliphatic rings. The van der Waals surface area contributed by atoms with E-state index >= 15 is 0 Å². The minimum atomic E-state index is -2.20. The molecule has 3 heteroatoms. The Morgan fingerprint density at radius 3 is 1.06 bits per heavy atom. The highest BCUT2D eigenvalue weighted by atomic mass is 28.3. The third kappa shape index (κ3) is 2.30. The number of hydrogen-bond donors (Lipinski definition) is 0. The average Bonchev–Trinajstić information content (AvgIpc) is 1.91. The van der Waals surface area contributed by atoms with E-state index < -0.39 is 8.24 Å². The quantitative estimate of drug-likeness (QED) is 0.373. The van der Waals surface area contributed by atoms with Crippen LogP contribution >= 0.6 is 0 Å². The van der Waals surface area contributed by atoms with Crippen molar-refractivity contribution in [3.05, 3.63) is 0 Å². The molecule has 0 saturated heterocycles. The van der Waals surface area contributed by atoms with Crippen LogP contribution in [-0.2, 0) is 4.79 Å². The van der Waals surface area contributed by atoms with Gasteiger partial charge in [0.25, 0.3) is 0 Å². The van der Waals surface area contributed by atoms with E-state index in [0.717, 1.165) is 0 Å². The second kappa shape index (κ2) is 4.12. The van der Waals surface area contributed by atoms with Crippen LogP contribution in [0.25, 0.3) is 0 Å². The average molecular weight is 241 g/mol. The minimum absolute atomic E-state index is 0.0426. The number of isocyanates is 1. The molecule has 0 atom stereocenters. The van der Waals surface area contributed by atoms with Gasteiger partial charge in [-0.05, 0) is 15.1 Å². The maximum atomic E-state index is 10.9. The fourth-order valence-electron chi connectivity index (χ4n) is 3.95. The molecule has 0 unspecified atom stereocenters. The van der Waals surface area contributed by atoms with Crippen LogP contribution in [-0.4, -0.2) is 14.3 Å². The van der Waals surface area contributed by atoms with E-state index in [1.807, 2.05) is 6.08 Å². The fourth-order valence-corrected chi connectivity index (χ4v) is 11.8. The molecule has 0 bridgehead atoms. The maximum absolute atomic E-state index is 10.9. The number of nitrogens with zero attached hydrogens (tertiary/aromatic N) is 1. The van der Waals surface area contributed by atoms with Gasteiger partial charge in [0.15, 0.2) is 0 Å². The highest BCUT2D eigenvalue weighted by molar-refractivity contribution is 6.86. The van der Waals surface area contributed by atoms with Crippen molar-refractivity contribution >= 4 is 14.3 Å². The Morgan fingerprint density at radius 2 is 1.00 bits per heavy atom. The fraction of sp³-hybridized carbons (Fsp3) is 0.923. The van der Waals surface area contributed by atoms with Gasteiger partial charge in [0, 0.05) is 0 Å². The Morgan fingerprint density at radius 1 is 0.750 bits per heavy atom. The van der Waals surface area contributed by atoms with E-state index in [1.54, 1.807) is 0 Å². The minimum Gasteiger partial charge on any atom is -0.246 e. The van der Waals surface area contributed by atoms with Gasteiger partial charge in [0.2, 0.25) is 14.3 Å². The maximum Gasteiger partial charge on any atom is 0.224 e. The van der Waals surface area contributed by atoms with Crippen LogP contribution in [0.15, 0.2) is 4.66 Å². The summed E-state index contributed by atoms with van der Waals surface area (Å²) in [6, 6.07) is 0. The Balaban J connectivity index is 6.15. The Labute approximate surface area is 102 Å². The standard InChI is InChI=1S/C13H27NOSi/c1-11(2,3)16(14-10-15,12(4,5)6)13(7,8)9/h1-9H3. The first-order chi connectivity index (χ1) is 6.81. The lowest BCUT2D eigenvalue weighted by molar-refractivity contribution is 0.525. The van der Waals surface area contributed by atoms with Gasteiger partial charge in [0.05, 0.1) is 0 Å². The zero-order chi connectivity index (χ0) is 13.4. The number of rotatable bonds is 1. The molecular weight excluding hydrogens is 214 g/mol. The van der Waals surface area contributed by atoms with E-state index in [1.165, 1.54) is 0 Å². The molecular formula is C13H27NOSi. The summed E-state index contributed by atoms with van der Waals surface area (Å²) in [6.07, 6.45) is 1.86. The Hall–Kier alpha value is -0.403. The zero-order valence-corrected chi connectivity index (χ0v) is 13.4. The van der Waals surface area contributed by atoms with Crippen LogP contribution in [0, 0.1) is 0 Å². The molecule has 0 saturated carbocycles. The molecule has 94 valence electrons. The van der Waals surface area contributed by atoms with Gasteiger partial charge in [-0.3, -0.25) is 0 Å². The van der Waals surface area contributed by atoms with Gasteiger partial charge in [-0.15, -0.1) is 0 Å². The van der Waals surface area contributed by atoms with Gasteiger partial charge in [0.1, 0.15) is 0 Å². The summed E-state index contributed by atoms with van der Waals surface area (Å²) in [7, 11) is -2.20. The molecule has 16 heavy (non-hydrogen) atoms. The van der Waals surface area contributed by atoms with Crippen LogP contribution < -0.4 is 0 Å². The smallest absolute Gasteiger partial charge is 0.224 e. The van der Waals surface area contributed by atoms with Crippen molar-refractivity contribution in [2.45, 2.75) is 77.4 Å². The van der Waals surface area contributed by atoms with Crippen molar-refractivity contribution in [2.75, 3.05) is 0 Å². The predicted molar refractivity (Wildman–Crippen MR) is 73.0 cm³/mol. The summed E-state index contributed by atoms with van der Waals surface area (Å²) in [4.78, 5) is 10.9. The van der Waals surface area contributed by atoms with E-state index in [0.29, 0.717) is 0 Å². The number of hydrogen-bond acceptors (Lipinski definition) is 2. The highest BCUT2D eigenvalue weighted by Crippen LogP contribution is 2.62. The van der Waals surface area contributed by atoms with Gasteiger partial charge in [-0.1, -0.05) is 62.3 Å². The third-order valence-electron chi connectivity index (χ3n) is 3.47.